The van der Waals surface area contributed by atoms with Crippen LogP contribution in [0, 0.1) is 5.82 Å². The maximum absolute atomic E-state index is 12.8. The summed E-state index contributed by atoms with van der Waals surface area (Å²) >= 11 is 0. The van der Waals surface area contributed by atoms with E-state index >= 15 is 0 Å². The molecule has 0 bridgehead atoms. The van der Waals surface area contributed by atoms with Crippen molar-refractivity contribution in [1.82, 2.24) is 15.1 Å². The van der Waals surface area contributed by atoms with Gasteiger partial charge in [0.1, 0.15) is 18.2 Å². The molecule has 1 amide bonds. The smallest absolute Gasteiger partial charge is 0.223 e. The van der Waals surface area contributed by atoms with Gasteiger partial charge in [0.2, 0.25) is 5.91 Å². The third-order valence-corrected chi connectivity index (χ3v) is 3.73. The number of nitrogens with zero attached hydrogens (tertiary/aromatic N) is 2. The fourth-order valence-corrected chi connectivity index (χ4v) is 2.32. The molecule has 0 aromatic heterocycles. The number of likely N-dealkylation sites (N-methyl/N-ethyl adjacent to an activating group) is 1. The normalized spacial score (nSPS) is 15.1. The first-order valence-electron chi connectivity index (χ1n) is 7.70. The van der Waals surface area contributed by atoms with Gasteiger partial charge in [0, 0.05) is 45.7 Å². The molecule has 0 unspecified atom stereocenters. The zero-order chi connectivity index (χ0) is 15.8. The predicted octanol–water partition coefficient (Wildman–Crippen LogP) is 0.958. The van der Waals surface area contributed by atoms with Crippen molar-refractivity contribution in [1.29, 1.82) is 0 Å². The number of carbonyl (C=O) groups excluding carboxylic acids is 1. The molecule has 6 heteroatoms. The van der Waals surface area contributed by atoms with Gasteiger partial charge in [0.05, 0.1) is 0 Å². The molecule has 1 aliphatic heterocycles. The lowest BCUT2D eigenvalue weighted by molar-refractivity contribution is -0.132. The molecular formula is C16H24FN3O2. The maximum Gasteiger partial charge on any atom is 0.223 e. The summed E-state index contributed by atoms with van der Waals surface area (Å²) in [5.41, 5.74) is 0. The summed E-state index contributed by atoms with van der Waals surface area (Å²) in [6.45, 7) is 5.33. The summed E-state index contributed by atoms with van der Waals surface area (Å²) in [5, 5.41) is 3.24. The van der Waals surface area contributed by atoms with Crippen LogP contribution in [0.2, 0.25) is 0 Å². The minimum absolute atomic E-state index is 0.216. The highest BCUT2D eigenvalue weighted by molar-refractivity contribution is 5.76. The van der Waals surface area contributed by atoms with E-state index < -0.39 is 0 Å². The number of hydrogen-bond acceptors (Lipinski definition) is 4. The molecule has 5 nitrogen and oxygen atoms in total. The monoisotopic (exact) mass is 309 g/mol. The maximum atomic E-state index is 12.8. The summed E-state index contributed by atoms with van der Waals surface area (Å²) in [4.78, 5) is 16.0. The number of hydrogen-bond donors (Lipinski definition) is 1. The van der Waals surface area contributed by atoms with Crippen molar-refractivity contribution in [2.45, 2.75) is 6.42 Å². The zero-order valence-electron chi connectivity index (χ0n) is 13.1. The summed E-state index contributed by atoms with van der Waals surface area (Å²) < 4.78 is 18.3. The number of nitrogens with one attached hydrogen (secondary N) is 1. The lowest BCUT2D eigenvalue weighted by Gasteiger charge is -2.28. The Labute approximate surface area is 131 Å². The topological polar surface area (TPSA) is 44.8 Å². The number of ether oxygens (including phenoxy) is 1. The van der Waals surface area contributed by atoms with Gasteiger partial charge in [-0.25, -0.2) is 4.39 Å². The Balaban J connectivity index is 1.60. The van der Waals surface area contributed by atoms with Gasteiger partial charge in [0.25, 0.3) is 0 Å². The molecule has 2 rings (SSSR count). The highest BCUT2D eigenvalue weighted by Gasteiger charge is 2.16. The third kappa shape index (κ3) is 5.61. The lowest BCUT2D eigenvalue weighted by Crippen LogP contribution is -2.47. The van der Waals surface area contributed by atoms with E-state index in [2.05, 4.69) is 10.2 Å². The highest BCUT2D eigenvalue weighted by atomic mass is 19.1. The van der Waals surface area contributed by atoms with Gasteiger partial charge in [-0.15, -0.1) is 0 Å². The molecule has 0 saturated carbocycles. The molecule has 122 valence electrons. The summed E-state index contributed by atoms with van der Waals surface area (Å²) in [5.74, 6) is 0.607. The van der Waals surface area contributed by atoms with Gasteiger partial charge >= 0.3 is 0 Å². The average molecular weight is 309 g/mol. The van der Waals surface area contributed by atoms with Crippen LogP contribution in [-0.2, 0) is 4.79 Å². The zero-order valence-corrected chi connectivity index (χ0v) is 13.1. The Hall–Kier alpha value is -1.66. The Bertz CT molecular complexity index is 461. The van der Waals surface area contributed by atoms with E-state index in [0.717, 1.165) is 39.3 Å². The molecule has 0 aliphatic carbocycles. The van der Waals surface area contributed by atoms with E-state index in [1.54, 1.807) is 12.1 Å². The van der Waals surface area contributed by atoms with Crippen LogP contribution < -0.4 is 10.1 Å². The van der Waals surface area contributed by atoms with E-state index in [-0.39, 0.29) is 11.7 Å². The summed E-state index contributed by atoms with van der Waals surface area (Å²) in [6.07, 6.45) is 0.535. The van der Waals surface area contributed by atoms with Crippen LogP contribution >= 0.6 is 0 Å². The van der Waals surface area contributed by atoms with Crippen molar-refractivity contribution in [2.24, 2.45) is 0 Å². The number of piperazine rings is 1. The van der Waals surface area contributed by atoms with Gasteiger partial charge in [-0.1, -0.05) is 0 Å². The lowest BCUT2D eigenvalue weighted by atomic mass is 10.3. The van der Waals surface area contributed by atoms with Gasteiger partial charge < -0.3 is 19.9 Å². The summed E-state index contributed by atoms with van der Waals surface area (Å²) in [7, 11) is 1.97. The predicted molar refractivity (Wildman–Crippen MR) is 83.5 cm³/mol. The van der Waals surface area contributed by atoms with Crippen LogP contribution in [0.15, 0.2) is 24.3 Å². The first-order chi connectivity index (χ1) is 10.6. The van der Waals surface area contributed by atoms with Crippen molar-refractivity contribution in [3.05, 3.63) is 30.1 Å². The quantitative estimate of drug-likeness (QED) is 0.815. The van der Waals surface area contributed by atoms with Gasteiger partial charge in [-0.2, -0.15) is 0 Å². The van der Waals surface area contributed by atoms with Gasteiger partial charge in [-0.05, 0) is 31.3 Å². The van der Waals surface area contributed by atoms with Crippen LogP contribution in [0.4, 0.5) is 4.39 Å². The van der Waals surface area contributed by atoms with Crippen molar-refractivity contribution < 1.29 is 13.9 Å². The standard InChI is InChI=1S/C16H24FN3O2/c1-19(9-6-16(21)20-10-7-18-8-11-20)12-13-22-15-4-2-14(17)3-5-15/h2-5,18H,6-13H2,1H3. The van der Waals surface area contributed by atoms with Crippen LogP contribution in [-0.4, -0.2) is 68.6 Å². The minimum Gasteiger partial charge on any atom is -0.492 e. The molecule has 22 heavy (non-hydrogen) atoms. The van der Waals surface area contributed by atoms with E-state index in [1.807, 2.05) is 11.9 Å². The number of carbonyl (C=O) groups is 1. The number of amides is 1. The Morgan fingerprint density at radius 2 is 1.95 bits per heavy atom. The molecule has 1 aromatic carbocycles. The molecule has 1 saturated heterocycles. The average Bonchev–Trinajstić information content (AvgIpc) is 2.55. The largest absolute Gasteiger partial charge is 0.492 e. The fourth-order valence-electron chi connectivity index (χ4n) is 2.32. The molecule has 1 aliphatic rings. The fraction of sp³-hybridized carbons (Fsp3) is 0.562. The molecule has 0 spiro atoms. The molecular weight excluding hydrogens is 285 g/mol. The first-order valence-corrected chi connectivity index (χ1v) is 7.70. The van der Waals surface area contributed by atoms with E-state index in [1.165, 1.54) is 12.1 Å². The SMILES string of the molecule is CN(CCOc1ccc(F)cc1)CCC(=O)N1CCNCC1. The van der Waals surface area contributed by atoms with Gasteiger partial charge in [0.15, 0.2) is 0 Å². The molecule has 1 heterocycles. The Morgan fingerprint density at radius 3 is 2.64 bits per heavy atom. The van der Waals surface area contributed by atoms with Crippen molar-refractivity contribution >= 4 is 5.91 Å². The molecule has 1 aromatic rings. The van der Waals surface area contributed by atoms with E-state index in [0.29, 0.717) is 18.8 Å². The van der Waals surface area contributed by atoms with Crippen LogP contribution in [0.5, 0.6) is 5.75 Å². The number of halogens is 1. The Morgan fingerprint density at radius 1 is 1.27 bits per heavy atom. The van der Waals surface area contributed by atoms with Crippen molar-refractivity contribution in [3.63, 3.8) is 0 Å². The van der Waals surface area contributed by atoms with Gasteiger partial charge in [-0.3, -0.25) is 4.79 Å². The summed E-state index contributed by atoms with van der Waals surface area (Å²) in [6, 6.07) is 5.99. The highest BCUT2D eigenvalue weighted by Crippen LogP contribution is 2.10. The second kappa shape index (κ2) is 8.70. The second-order valence-electron chi connectivity index (χ2n) is 5.49. The minimum atomic E-state index is -0.268. The number of rotatable bonds is 7. The van der Waals surface area contributed by atoms with Crippen LogP contribution in [0.1, 0.15) is 6.42 Å². The molecule has 1 fully saturated rings. The molecule has 1 N–H and O–H groups in total. The Kier molecular flexibility index (Phi) is 6.61. The second-order valence-corrected chi connectivity index (χ2v) is 5.49. The number of benzene rings is 1. The van der Waals surface area contributed by atoms with Crippen LogP contribution in [0.3, 0.4) is 0 Å². The first kappa shape index (κ1) is 16.7. The molecule has 0 radical (unpaired) electrons. The third-order valence-electron chi connectivity index (χ3n) is 3.73. The van der Waals surface area contributed by atoms with E-state index in [4.69, 9.17) is 4.74 Å². The van der Waals surface area contributed by atoms with Crippen molar-refractivity contribution in [2.75, 3.05) is 52.9 Å². The van der Waals surface area contributed by atoms with E-state index in [9.17, 15) is 9.18 Å². The van der Waals surface area contributed by atoms with Crippen molar-refractivity contribution in [3.8, 4) is 5.75 Å². The molecule has 0 atom stereocenters. The van der Waals surface area contributed by atoms with Crippen LogP contribution in [0.25, 0.3) is 0 Å².